The number of likely N-dealkylation sites (tertiary alicyclic amines) is 1. The smallest absolute Gasteiger partial charge is 0.253 e. The average Bonchev–Trinajstić information content (AvgIpc) is 3.60. The molecule has 0 unspecified atom stereocenters. The van der Waals surface area contributed by atoms with Crippen molar-refractivity contribution >= 4 is 34.4 Å². The summed E-state index contributed by atoms with van der Waals surface area (Å²) in [6.07, 6.45) is 6.07. The van der Waals surface area contributed by atoms with Gasteiger partial charge in [-0.25, -0.2) is 4.98 Å². The highest BCUT2D eigenvalue weighted by molar-refractivity contribution is 5.98. The number of hydrogen-bond donors (Lipinski definition) is 1. The summed E-state index contributed by atoms with van der Waals surface area (Å²) < 4.78 is 2.22. The minimum Gasteiger partial charge on any atom is -0.339 e. The van der Waals surface area contributed by atoms with Gasteiger partial charge in [0.25, 0.3) is 5.91 Å². The molecular formula is C34H49N5O2. The van der Waals surface area contributed by atoms with Gasteiger partial charge in [0.2, 0.25) is 5.95 Å². The van der Waals surface area contributed by atoms with Gasteiger partial charge in [-0.2, -0.15) is 0 Å². The van der Waals surface area contributed by atoms with Crippen molar-refractivity contribution in [2.45, 2.75) is 79.7 Å². The Morgan fingerprint density at radius 2 is 1.54 bits per heavy atom. The van der Waals surface area contributed by atoms with Crippen LogP contribution < -0.4 is 5.32 Å². The Morgan fingerprint density at radius 1 is 0.902 bits per heavy atom. The zero-order chi connectivity index (χ0) is 29.4. The summed E-state index contributed by atoms with van der Waals surface area (Å²) in [6, 6.07) is 13.6. The molecular weight excluding hydrogens is 510 g/mol. The van der Waals surface area contributed by atoms with Crippen LogP contribution in [0.1, 0.15) is 93.9 Å². The molecule has 1 saturated heterocycles. The molecule has 1 amide bonds. The molecule has 2 heterocycles. The lowest BCUT2D eigenvalue weighted by Crippen LogP contribution is -2.34. The van der Waals surface area contributed by atoms with Crippen LogP contribution in [0.5, 0.6) is 0 Å². The third-order valence-corrected chi connectivity index (χ3v) is 8.07. The number of aromatic nitrogens is 2. The van der Waals surface area contributed by atoms with Crippen LogP contribution in [0, 0.1) is 11.8 Å². The molecule has 7 heteroatoms. The lowest BCUT2D eigenvalue weighted by Gasteiger charge is -2.25. The molecule has 4 rings (SSSR count). The maximum Gasteiger partial charge on any atom is 0.253 e. The largest absolute Gasteiger partial charge is 0.339 e. The van der Waals surface area contributed by atoms with E-state index in [0.717, 1.165) is 79.2 Å². The first-order valence-electron chi connectivity index (χ1n) is 15.7. The number of imidazole rings is 1. The molecule has 0 atom stereocenters. The summed E-state index contributed by atoms with van der Waals surface area (Å²) >= 11 is 0. The molecule has 0 spiro atoms. The van der Waals surface area contributed by atoms with E-state index in [4.69, 9.17) is 4.98 Å². The second kappa shape index (κ2) is 14.6. The minimum atomic E-state index is 0.101. The van der Waals surface area contributed by atoms with Gasteiger partial charge in [0, 0.05) is 42.9 Å². The number of nitrogens with zero attached hydrogens (tertiary/aromatic N) is 4. The standard InChI is InChI=1S/C34H49N5O2/c1-6-32(40)27-10-13-29(14-11-27)35-34-36-30-15-12-28(33(41)38(22-16-25(2)3)23-17-26(4)5)24-31(30)39(34)21-9-20-37-18-7-8-19-37/h10-15,24-26H,6-9,16-23H2,1-5H3,(H,35,36). The number of hydrogen-bond acceptors (Lipinski definition) is 5. The summed E-state index contributed by atoms with van der Waals surface area (Å²) in [5.74, 6) is 2.10. The van der Waals surface area contributed by atoms with Gasteiger partial charge in [0.1, 0.15) is 0 Å². The van der Waals surface area contributed by atoms with Gasteiger partial charge in [-0.1, -0.05) is 34.6 Å². The van der Waals surface area contributed by atoms with Gasteiger partial charge >= 0.3 is 0 Å². The van der Waals surface area contributed by atoms with E-state index in [-0.39, 0.29) is 11.7 Å². The van der Waals surface area contributed by atoms with Crippen LogP contribution in [0.4, 0.5) is 11.6 Å². The summed E-state index contributed by atoms with van der Waals surface area (Å²) in [5.41, 5.74) is 4.18. The maximum atomic E-state index is 13.8. The number of rotatable bonds is 15. The van der Waals surface area contributed by atoms with E-state index in [1.165, 1.54) is 25.9 Å². The normalized spacial score (nSPS) is 13.9. The van der Waals surface area contributed by atoms with Gasteiger partial charge in [-0.05, 0) is 106 Å². The quantitative estimate of drug-likeness (QED) is 0.197. The van der Waals surface area contributed by atoms with E-state index in [9.17, 15) is 9.59 Å². The van der Waals surface area contributed by atoms with Gasteiger partial charge in [0.15, 0.2) is 5.78 Å². The van der Waals surface area contributed by atoms with Crippen molar-refractivity contribution in [3.8, 4) is 0 Å². The minimum absolute atomic E-state index is 0.101. The summed E-state index contributed by atoms with van der Waals surface area (Å²) in [6.45, 7) is 16.5. The van der Waals surface area contributed by atoms with E-state index < -0.39 is 0 Å². The van der Waals surface area contributed by atoms with Crippen molar-refractivity contribution in [1.82, 2.24) is 19.4 Å². The number of nitrogens with one attached hydrogen (secondary N) is 1. The van der Waals surface area contributed by atoms with Gasteiger partial charge in [-0.3, -0.25) is 9.59 Å². The van der Waals surface area contributed by atoms with Crippen molar-refractivity contribution in [2.75, 3.05) is 38.0 Å². The number of amides is 1. The first kappa shape index (κ1) is 30.8. The van der Waals surface area contributed by atoms with Crippen LogP contribution in [-0.2, 0) is 6.54 Å². The summed E-state index contributed by atoms with van der Waals surface area (Å²) in [7, 11) is 0. The van der Waals surface area contributed by atoms with Gasteiger partial charge in [-0.15, -0.1) is 0 Å². The fourth-order valence-corrected chi connectivity index (χ4v) is 5.43. The maximum absolute atomic E-state index is 13.8. The van der Waals surface area contributed by atoms with Crippen molar-refractivity contribution in [3.05, 3.63) is 53.6 Å². The second-order valence-electron chi connectivity index (χ2n) is 12.3. The third kappa shape index (κ3) is 8.41. The number of aryl methyl sites for hydroxylation is 1. The topological polar surface area (TPSA) is 70.5 Å². The van der Waals surface area contributed by atoms with Crippen LogP contribution in [0.3, 0.4) is 0 Å². The van der Waals surface area contributed by atoms with Crippen LogP contribution >= 0.6 is 0 Å². The van der Waals surface area contributed by atoms with E-state index in [1.54, 1.807) is 0 Å². The fourth-order valence-electron chi connectivity index (χ4n) is 5.43. The predicted molar refractivity (Wildman–Crippen MR) is 169 cm³/mol. The van der Waals surface area contributed by atoms with Gasteiger partial charge < -0.3 is 19.7 Å². The lowest BCUT2D eigenvalue weighted by molar-refractivity contribution is 0.0740. The summed E-state index contributed by atoms with van der Waals surface area (Å²) in [5, 5.41) is 3.49. The number of benzene rings is 2. The van der Waals surface area contributed by atoms with Crippen molar-refractivity contribution in [3.63, 3.8) is 0 Å². The molecule has 0 bridgehead atoms. The van der Waals surface area contributed by atoms with Crippen molar-refractivity contribution in [1.29, 1.82) is 0 Å². The number of ketones is 1. The molecule has 0 aliphatic carbocycles. The Labute approximate surface area is 246 Å². The number of Topliss-reactive ketones (excluding diaryl/α,β-unsaturated/α-hetero) is 1. The lowest BCUT2D eigenvalue weighted by atomic mass is 10.1. The predicted octanol–water partition coefficient (Wildman–Crippen LogP) is 7.39. The van der Waals surface area contributed by atoms with Gasteiger partial charge in [0.05, 0.1) is 11.0 Å². The zero-order valence-corrected chi connectivity index (χ0v) is 25.8. The molecule has 41 heavy (non-hydrogen) atoms. The third-order valence-electron chi connectivity index (χ3n) is 8.07. The van der Waals surface area contributed by atoms with E-state index in [0.29, 0.717) is 18.3 Å². The molecule has 0 saturated carbocycles. The molecule has 1 aliphatic heterocycles. The SMILES string of the molecule is CCC(=O)c1ccc(Nc2nc3ccc(C(=O)N(CCC(C)C)CCC(C)C)cc3n2CCCN2CCCC2)cc1. The Hall–Kier alpha value is -3.19. The first-order valence-corrected chi connectivity index (χ1v) is 15.7. The Morgan fingerprint density at radius 3 is 2.15 bits per heavy atom. The molecule has 222 valence electrons. The van der Waals surface area contributed by atoms with Crippen LogP contribution in [0.25, 0.3) is 11.0 Å². The number of anilines is 2. The number of carbonyl (C=O) groups is 2. The van der Waals surface area contributed by atoms with E-state index in [2.05, 4.69) is 42.5 Å². The van der Waals surface area contributed by atoms with Crippen molar-refractivity contribution in [2.24, 2.45) is 11.8 Å². The fraction of sp³-hybridized carbons (Fsp3) is 0.559. The van der Waals surface area contributed by atoms with Crippen molar-refractivity contribution < 1.29 is 9.59 Å². The summed E-state index contributed by atoms with van der Waals surface area (Å²) in [4.78, 5) is 35.4. The van der Waals surface area contributed by atoms with Crippen LogP contribution in [0.2, 0.25) is 0 Å². The first-order chi connectivity index (χ1) is 19.7. The monoisotopic (exact) mass is 559 g/mol. The van der Waals surface area contributed by atoms with Crippen LogP contribution in [-0.4, -0.2) is 63.8 Å². The van der Waals surface area contributed by atoms with E-state index >= 15 is 0 Å². The Bertz CT molecular complexity index is 1280. The number of carbonyl (C=O) groups excluding carboxylic acids is 2. The highest BCUT2D eigenvalue weighted by Gasteiger charge is 2.20. The Kier molecular flexibility index (Phi) is 11.0. The zero-order valence-electron chi connectivity index (χ0n) is 25.8. The molecule has 1 aliphatic rings. The highest BCUT2D eigenvalue weighted by Crippen LogP contribution is 2.26. The molecule has 1 N–H and O–H groups in total. The Balaban J connectivity index is 1.62. The average molecular weight is 560 g/mol. The molecule has 3 aromatic rings. The molecule has 1 fully saturated rings. The number of fused-ring (bicyclic) bond motifs is 1. The molecule has 0 radical (unpaired) electrons. The molecule has 1 aromatic heterocycles. The molecule has 2 aromatic carbocycles. The second-order valence-corrected chi connectivity index (χ2v) is 12.3. The van der Waals surface area contributed by atoms with E-state index in [1.807, 2.05) is 54.3 Å². The van der Waals surface area contributed by atoms with Crippen LogP contribution in [0.15, 0.2) is 42.5 Å². The highest BCUT2D eigenvalue weighted by atomic mass is 16.2. The molecule has 7 nitrogen and oxygen atoms in total.